The zero-order chi connectivity index (χ0) is 15.7. The molecule has 2 aromatic rings. The topological polar surface area (TPSA) is 65.5 Å². The van der Waals surface area contributed by atoms with Gasteiger partial charge in [0, 0.05) is 24.9 Å². The number of benzene rings is 1. The van der Waals surface area contributed by atoms with Crippen molar-refractivity contribution < 1.29 is 19.1 Å². The van der Waals surface area contributed by atoms with E-state index in [1.54, 1.807) is 49.7 Å². The molecule has 0 unspecified atom stereocenters. The number of nitrogens with zero attached hydrogens (tertiary/aromatic N) is 1. The van der Waals surface area contributed by atoms with Gasteiger partial charge in [-0.05, 0) is 42.8 Å². The molecule has 0 saturated heterocycles. The largest absolute Gasteiger partial charge is 0.452 e. The Kier molecular flexibility index (Phi) is 3.47. The van der Waals surface area contributed by atoms with E-state index in [0.29, 0.717) is 22.6 Å². The lowest BCUT2D eigenvalue weighted by atomic mass is 10.1. The fourth-order valence-corrected chi connectivity index (χ4v) is 2.24. The van der Waals surface area contributed by atoms with Crippen molar-refractivity contribution in [2.75, 3.05) is 0 Å². The SMILES string of the molecule is CC(=O)Oc1ccc2c(c1C)O/C(=C\c1ccncc1)C2=O. The molecule has 5 nitrogen and oxygen atoms in total. The molecule has 22 heavy (non-hydrogen) atoms. The van der Waals surface area contributed by atoms with Crippen LogP contribution in [0.3, 0.4) is 0 Å². The molecule has 0 N–H and O–H groups in total. The predicted octanol–water partition coefficient (Wildman–Crippen LogP) is 2.93. The van der Waals surface area contributed by atoms with Crippen molar-refractivity contribution in [2.45, 2.75) is 13.8 Å². The van der Waals surface area contributed by atoms with Crippen LogP contribution in [0.2, 0.25) is 0 Å². The first-order chi connectivity index (χ1) is 10.6. The van der Waals surface area contributed by atoms with E-state index < -0.39 is 5.97 Å². The lowest BCUT2D eigenvalue weighted by Gasteiger charge is -2.08. The standard InChI is InChI=1S/C17H13NO4/c1-10-14(21-11(2)19)4-3-13-16(20)15(22-17(10)13)9-12-5-7-18-8-6-12/h3-9H,1-2H3/b15-9-. The number of fused-ring (bicyclic) bond motifs is 1. The van der Waals surface area contributed by atoms with E-state index in [9.17, 15) is 9.59 Å². The summed E-state index contributed by atoms with van der Waals surface area (Å²) >= 11 is 0. The summed E-state index contributed by atoms with van der Waals surface area (Å²) in [5.74, 6) is 0.460. The van der Waals surface area contributed by atoms with E-state index in [4.69, 9.17) is 9.47 Å². The Labute approximate surface area is 127 Å². The van der Waals surface area contributed by atoms with Crippen molar-refractivity contribution in [3.63, 3.8) is 0 Å². The maximum atomic E-state index is 12.4. The Hall–Kier alpha value is -2.95. The van der Waals surface area contributed by atoms with Gasteiger partial charge in [-0.25, -0.2) is 0 Å². The summed E-state index contributed by atoms with van der Waals surface area (Å²) < 4.78 is 10.8. The molecule has 1 aliphatic rings. The summed E-state index contributed by atoms with van der Waals surface area (Å²) in [4.78, 5) is 27.4. The number of hydrogen-bond acceptors (Lipinski definition) is 5. The van der Waals surface area contributed by atoms with Gasteiger partial charge in [0.2, 0.25) is 5.78 Å². The minimum Gasteiger partial charge on any atom is -0.452 e. The highest BCUT2D eigenvalue weighted by atomic mass is 16.5. The van der Waals surface area contributed by atoms with Crippen LogP contribution in [0.5, 0.6) is 11.5 Å². The maximum absolute atomic E-state index is 12.4. The molecular formula is C17H13NO4. The zero-order valence-electron chi connectivity index (χ0n) is 12.1. The lowest BCUT2D eigenvalue weighted by molar-refractivity contribution is -0.131. The van der Waals surface area contributed by atoms with Gasteiger partial charge in [-0.15, -0.1) is 0 Å². The molecule has 3 rings (SSSR count). The van der Waals surface area contributed by atoms with Gasteiger partial charge in [-0.3, -0.25) is 14.6 Å². The second kappa shape index (κ2) is 5.44. The lowest BCUT2D eigenvalue weighted by Crippen LogP contribution is -2.03. The highest BCUT2D eigenvalue weighted by Gasteiger charge is 2.30. The third kappa shape index (κ3) is 2.48. The van der Waals surface area contributed by atoms with Gasteiger partial charge < -0.3 is 9.47 Å². The molecule has 0 atom stereocenters. The molecule has 0 amide bonds. The minimum absolute atomic E-state index is 0.190. The summed E-state index contributed by atoms with van der Waals surface area (Å²) in [6.45, 7) is 3.08. The van der Waals surface area contributed by atoms with E-state index >= 15 is 0 Å². The van der Waals surface area contributed by atoms with Gasteiger partial charge in [0.25, 0.3) is 0 Å². The first kappa shape index (κ1) is 14.0. The molecular weight excluding hydrogens is 282 g/mol. The average Bonchev–Trinajstić information content (AvgIpc) is 2.80. The molecule has 0 saturated carbocycles. The fraction of sp³-hybridized carbons (Fsp3) is 0.118. The number of aromatic nitrogens is 1. The zero-order valence-corrected chi connectivity index (χ0v) is 12.1. The normalized spacial score (nSPS) is 14.6. The van der Waals surface area contributed by atoms with E-state index in [1.165, 1.54) is 6.92 Å². The number of carbonyl (C=O) groups excluding carboxylic acids is 2. The van der Waals surface area contributed by atoms with E-state index in [-0.39, 0.29) is 11.5 Å². The van der Waals surface area contributed by atoms with Gasteiger partial charge in [0.05, 0.1) is 5.56 Å². The molecule has 1 aliphatic heterocycles. The molecule has 2 heterocycles. The third-order valence-electron chi connectivity index (χ3n) is 3.29. The van der Waals surface area contributed by atoms with Crippen molar-refractivity contribution in [2.24, 2.45) is 0 Å². The summed E-state index contributed by atoms with van der Waals surface area (Å²) in [6, 6.07) is 6.77. The Balaban J connectivity index is 1.99. The quantitative estimate of drug-likeness (QED) is 0.484. The number of rotatable bonds is 2. The number of esters is 1. The number of ketones is 1. The second-order valence-electron chi connectivity index (χ2n) is 4.88. The number of ether oxygens (including phenoxy) is 2. The smallest absolute Gasteiger partial charge is 0.308 e. The van der Waals surface area contributed by atoms with Gasteiger partial charge in [0.15, 0.2) is 5.76 Å². The highest BCUT2D eigenvalue weighted by molar-refractivity contribution is 6.15. The summed E-state index contributed by atoms with van der Waals surface area (Å²) in [6.07, 6.45) is 4.95. The first-order valence-electron chi connectivity index (χ1n) is 6.72. The van der Waals surface area contributed by atoms with E-state index in [0.717, 1.165) is 5.56 Å². The number of pyridine rings is 1. The molecule has 0 spiro atoms. The van der Waals surface area contributed by atoms with Crippen LogP contribution in [0.15, 0.2) is 42.4 Å². The Morgan fingerprint density at radius 3 is 2.64 bits per heavy atom. The highest BCUT2D eigenvalue weighted by Crippen LogP contribution is 2.39. The second-order valence-corrected chi connectivity index (χ2v) is 4.88. The van der Waals surface area contributed by atoms with Gasteiger partial charge in [-0.2, -0.15) is 0 Å². The molecule has 1 aromatic carbocycles. The van der Waals surface area contributed by atoms with Crippen LogP contribution in [0.4, 0.5) is 0 Å². The van der Waals surface area contributed by atoms with Crippen LogP contribution >= 0.6 is 0 Å². The van der Waals surface area contributed by atoms with E-state index in [2.05, 4.69) is 4.98 Å². The van der Waals surface area contributed by atoms with Crippen LogP contribution in [-0.4, -0.2) is 16.7 Å². The minimum atomic E-state index is -0.417. The molecule has 1 aromatic heterocycles. The molecule has 5 heteroatoms. The van der Waals surface area contributed by atoms with Crippen molar-refractivity contribution in [3.8, 4) is 11.5 Å². The van der Waals surface area contributed by atoms with E-state index in [1.807, 2.05) is 0 Å². The molecule has 0 radical (unpaired) electrons. The molecule has 110 valence electrons. The summed E-state index contributed by atoms with van der Waals surface area (Å²) in [7, 11) is 0. The van der Waals surface area contributed by atoms with Crippen LogP contribution in [-0.2, 0) is 4.79 Å². The summed E-state index contributed by atoms with van der Waals surface area (Å²) in [5, 5.41) is 0. The van der Waals surface area contributed by atoms with Crippen molar-refractivity contribution in [1.29, 1.82) is 0 Å². The fourth-order valence-electron chi connectivity index (χ4n) is 2.24. The molecule has 0 aliphatic carbocycles. The van der Waals surface area contributed by atoms with Crippen LogP contribution in [0.25, 0.3) is 6.08 Å². The van der Waals surface area contributed by atoms with Crippen molar-refractivity contribution in [1.82, 2.24) is 4.98 Å². The first-order valence-corrected chi connectivity index (χ1v) is 6.72. The monoisotopic (exact) mass is 295 g/mol. The molecule has 0 fully saturated rings. The van der Waals surface area contributed by atoms with Crippen molar-refractivity contribution in [3.05, 3.63) is 59.1 Å². The van der Waals surface area contributed by atoms with Gasteiger partial charge in [0.1, 0.15) is 11.5 Å². The van der Waals surface area contributed by atoms with Crippen LogP contribution < -0.4 is 9.47 Å². The maximum Gasteiger partial charge on any atom is 0.308 e. The average molecular weight is 295 g/mol. The predicted molar refractivity (Wildman–Crippen MR) is 79.7 cm³/mol. The Morgan fingerprint density at radius 2 is 1.95 bits per heavy atom. The van der Waals surface area contributed by atoms with Crippen LogP contribution in [0.1, 0.15) is 28.4 Å². The summed E-state index contributed by atoms with van der Waals surface area (Å²) in [5.41, 5.74) is 1.91. The van der Waals surface area contributed by atoms with Crippen molar-refractivity contribution >= 4 is 17.8 Å². The number of hydrogen-bond donors (Lipinski definition) is 0. The van der Waals surface area contributed by atoms with Gasteiger partial charge in [-0.1, -0.05) is 0 Å². The van der Waals surface area contributed by atoms with Gasteiger partial charge >= 0.3 is 5.97 Å². The Morgan fingerprint density at radius 1 is 1.23 bits per heavy atom. The molecule has 0 bridgehead atoms. The third-order valence-corrected chi connectivity index (χ3v) is 3.29. The number of Topliss-reactive ketones (excluding diaryl/α,β-unsaturated/α-hetero) is 1. The number of allylic oxidation sites excluding steroid dienone is 1. The number of carbonyl (C=O) groups is 2. The van der Waals surface area contributed by atoms with Crippen LogP contribution in [0, 0.1) is 6.92 Å². The Bertz CT molecular complexity index is 794.